The minimum atomic E-state index is 0. The van der Waals surface area contributed by atoms with E-state index < -0.39 is 0 Å². The van der Waals surface area contributed by atoms with Crippen molar-refractivity contribution in [2.45, 2.75) is 48.9 Å². The number of hydrogen-bond acceptors (Lipinski definition) is 4. The normalized spacial score (nSPS) is 28.3. The summed E-state index contributed by atoms with van der Waals surface area (Å²) < 4.78 is 5.81. The largest absolute Gasteiger partial charge is 0.381 e. The summed E-state index contributed by atoms with van der Waals surface area (Å²) in [5.74, 6) is 0.961. The second-order valence-electron chi connectivity index (χ2n) is 6.78. The maximum absolute atomic E-state index is 5.51. The lowest BCUT2D eigenvalue weighted by molar-refractivity contribution is 0.0782. The van der Waals surface area contributed by atoms with E-state index in [1.807, 2.05) is 18.8 Å². The molecule has 3 fully saturated rings. The zero-order valence-electron chi connectivity index (χ0n) is 14.3. The highest BCUT2D eigenvalue weighted by Crippen LogP contribution is 2.33. The van der Waals surface area contributed by atoms with Crippen molar-refractivity contribution in [3.8, 4) is 0 Å². The van der Waals surface area contributed by atoms with Gasteiger partial charge in [0.2, 0.25) is 0 Å². The van der Waals surface area contributed by atoms with Gasteiger partial charge in [0.1, 0.15) is 0 Å². The van der Waals surface area contributed by atoms with Crippen molar-refractivity contribution in [1.82, 2.24) is 15.5 Å². The molecular formula is C16H31IN4OS. The summed E-state index contributed by atoms with van der Waals surface area (Å²) in [6.07, 6.45) is 8.50. The first-order valence-corrected chi connectivity index (χ1v) is 9.81. The van der Waals surface area contributed by atoms with Crippen LogP contribution in [0.15, 0.2) is 4.99 Å². The van der Waals surface area contributed by atoms with Gasteiger partial charge in [0.25, 0.3) is 0 Å². The van der Waals surface area contributed by atoms with Crippen LogP contribution in [0.2, 0.25) is 0 Å². The first-order valence-electron chi connectivity index (χ1n) is 8.59. The molecule has 0 aromatic heterocycles. The number of nitrogens with one attached hydrogen (secondary N) is 2. The second kappa shape index (κ2) is 9.10. The topological polar surface area (TPSA) is 48.9 Å². The quantitative estimate of drug-likeness (QED) is 0.378. The summed E-state index contributed by atoms with van der Waals surface area (Å²) in [5.41, 5.74) is 0. The van der Waals surface area contributed by atoms with Crippen LogP contribution in [0.4, 0.5) is 0 Å². The van der Waals surface area contributed by atoms with Crippen LogP contribution in [0, 0.1) is 0 Å². The summed E-state index contributed by atoms with van der Waals surface area (Å²) in [5, 5.41) is 7.18. The fourth-order valence-corrected chi connectivity index (χ4v) is 4.30. The van der Waals surface area contributed by atoms with Crippen molar-refractivity contribution >= 4 is 41.7 Å². The molecule has 2 saturated heterocycles. The highest BCUT2D eigenvalue weighted by Gasteiger charge is 2.35. The molecule has 0 spiro atoms. The van der Waals surface area contributed by atoms with Crippen LogP contribution in [0.25, 0.3) is 0 Å². The Kier molecular flexibility index (Phi) is 7.75. The van der Waals surface area contributed by atoms with Gasteiger partial charge in [-0.15, -0.1) is 24.0 Å². The Morgan fingerprint density at radius 2 is 2.04 bits per heavy atom. The molecule has 1 unspecified atom stereocenters. The van der Waals surface area contributed by atoms with Gasteiger partial charge in [0.15, 0.2) is 5.96 Å². The third-order valence-corrected chi connectivity index (χ3v) is 6.68. The zero-order chi connectivity index (χ0) is 15.4. The van der Waals surface area contributed by atoms with Crippen molar-refractivity contribution in [2.75, 3.05) is 46.2 Å². The summed E-state index contributed by atoms with van der Waals surface area (Å²) in [6.45, 7) is 5.15. The third-order valence-electron chi connectivity index (χ3n) is 5.26. The standard InChI is InChI=1S/C16H30N4OS.HI/c1-17-15(18-12-16(22-2)6-9-21-10-7-16)19-13-5-8-20(11-13)14-3-4-14;/h13-14H,3-12H2,1-2H3,(H2,17,18,19);1H. The van der Waals surface area contributed by atoms with E-state index in [-0.39, 0.29) is 24.0 Å². The van der Waals surface area contributed by atoms with Crippen LogP contribution >= 0.6 is 35.7 Å². The van der Waals surface area contributed by atoms with Crippen molar-refractivity contribution in [1.29, 1.82) is 0 Å². The molecule has 7 heteroatoms. The highest BCUT2D eigenvalue weighted by atomic mass is 127. The van der Waals surface area contributed by atoms with Gasteiger partial charge in [-0.3, -0.25) is 9.89 Å². The summed E-state index contributed by atoms with van der Waals surface area (Å²) in [4.78, 5) is 7.05. The van der Waals surface area contributed by atoms with E-state index in [1.165, 1.54) is 32.4 Å². The molecular weight excluding hydrogens is 423 g/mol. The molecule has 0 radical (unpaired) electrons. The Bertz CT molecular complexity index is 400. The maximum Gasteiger partial charge on any atom is 0.191 e. The number of aliphatic imine (C=N–C) groups is 1. The van der Waals surface area contributed by atoms with Gasteiger partial charge in [0.05, 0.1) is 0 Å². The van der Waals surface area contributed by atoms with Gasteiger partial charge in [-0.1, -0.05) is 0 Å². The molecule has 1 saturated carbocycles. The van der Waals surface area contributed by atoms with Gasteiger partial charge in [-0.2, -0.15) is 11.8 Å². The molecule has 2 heterocycles. The van der Waals surface area contributed by atoms with Crippen molar-refractivity contribution < 1.29 is 4.74 Å². The van der Waals surface area contributed by atoms with Crippen LogP contribution in [-0.4, -0.2) is 73.8 Å². The molecule has 134 valence electrons. The Morgan fingerprint density at radius 3 is 2.65 bits per heavy atom. The molecule has 23 heavy (non-hydrogen) atoms. The van der Waals surface area contributed by atoms with Gasteiger partial charge in [-0.25, -0.2) is 0 Å². The number of hydrogen-bond donors (Lipinski definition) is 2. The van der Waals surface area contributed by atoms with Crippen LogP contribution in [0.3, 0.4) is 0 Å². The van der Waals surface area contributed by atoms with Crippen LogP contribution < -0.4 is 10.6 Å². The molecule has 0 amide bonds. The number of rotatable bonds is 5. The van der Waals surface area contributed by atoms with Crippen LogP contribution in [0.1, 0.15) is 32.1 Å². The van der Waals surface area contributed by atoms with Crippen molar-refractivity contribution in [3.05, 3.63) is 0 Å². The smallest absolute Gasteiger partial charge is 0.191 e. The number of nitrogens with zero attached hydrogens (tertiary/aromatic N) is 2. The monoisotopic (exact) mass is 454 g/mol. The molecule has 2 aliphatic heterocycles. The third kappa shape index (κ3) is 5.37. The summed E-state index contributed by atoms with van der Waals surface area (Å²) >= 11 is 1.97. The number of guanidine groups is 1. The van der Waals surface area contributed by atoms with Gasteiger partial charge in [0, 0.05) is 56.7 Å². The lowest BCUT2D eigenvalue weighted by Crippen LogP contribution is -2.50. The Hall–Kier alpha value is 0.270. The number of likely N-dealkylation sites (tertiary alicyclic amines) is 1. The molecule has 5 nitrogen and oxygen atoms in total. The molecule has 0 aromatic rings. The fraction of sp³-hybridized carbons (Fsp3) is 0.938. The van der Waals surface area contributed by atoms with Crippen molar-refractivity contribution in [3.63, 3.8) is 0 Å². The van der Waals surface area contributed by atoms with Gasteiger partial charge in [-0.05, 0) is 38.4 Å². The number of ether oxygens (including phenoxy) is 1. The average molecular weight is 454 g/mol. The number of thioether (sulfide) groups is 1. The highest BCUT2D eigenvalue weighted by molar-refractivity contribution is 14.0. The lowest BCUT2D eigenvalue weighted by Gasteiger charge is -2.36. The first-order chi connectivity index (χ1) is 10.7. The number of halogens is 1. The molecule has 1 aliphatic carbocycles. The van der Waals surface area contributed by atoms with E-state index in [4.69, 9.17) is 4.74 Å². The minimum absolute atomic E-state index is 0. The summed E-state index contributed by atoms with van der Waals surface area (Å²) in [7, 11) is 1.87. The SMILES string of the molecule is CN=C(NCC1(SC)CCOCC1)NC1CCN(C2CC2)C1.I. The molecule has 3 rings (SSSR count). The fourth-order valence-electron chi connectivity index (χ4n) is 3.51. The Balaban J connectivity index is 0.00000192. The molecule has 2 N–H and O–H groups in total. The van der Waals surface area contributed by atoms with E-state index >= 15 is 0 Å². The maximum atomic E-state index is 5.51. The molecule has 0 aromatic carbocycles. The van der Waals surface area contributed by atoms with E-state index in [0.29, 0.717) is 10.8 Å². The Morgan fingerprint density at radius 1 is 1.30 bits per heavy atom. The first kappa shape index (κ1) is 19.6. The molecule has 1 atom stereocenters. The predicted octanol–water partition coefficient (Wildman–Crippen LogP) is 1.92. The molecule has 0 bridgehead atoms. The van der Waals surface area contributed by atoms with E-state index in [1.54, 1.807) is 0 Å². The van der Waals surface area contributed by atoms with E-state index in [9.17, 15) is 0 Å². The summed E-state index contributed by atoms with van der Waals surface area (Å²) in [6, 6.07) is 1.43. The Labute approximate surface area is 161 Å². The average Bonchev–Trinajstić information content (AvgIpc) is 3.32. The van der Waals surface area contributed by atoms with Crippen LogP contribution in [0.5, 0.6) is 0 Å². The molecule has 3 aliphatic rings. The van der Waals surface area contributed by atoms with Crippen LogP contribution in [-0.2, 0) is 4.74 Å². The van der Waals surface area contributed by atoms with Crippen molar-refractivity contribution in [2.24, 2.45) is 4.99 Å². The van der Waals surface area contributed by atoms with E-state index in [0.717, 1.165) is 44.6 Å². The van der Waals surface area contributed by atoms with E-state index in [2.05, 4.69) is 26.8 Å². The van der Waals surface area contributed by atoms with Gasteiger partial charge < -0.3 is 15.4 Å². The lowest BCUT2D eigenvalue weighted by atomic mass is 9.99. The van der Waals surface area contributed by atoms with Gasteiger partial charge >= 0.3 is 0 Å². The predicted molar refractivity (Wildman–Crippen MR) is 109 cm³/mol. The zero-order valence-corrected chi connectivity index (χ0v) is 17.5. The minimum Gasteiger partial charge on any atom is -0.381 e. The second-order valence-corrected chi connectivity index (χ2v) is 8.06.